The molecule has 1 amide bonds. The summed E-state index contributed by atoms with van der Waals surface area (Å²) in [5.74, 6) is -5.54. The van der Waals surface area contributed by atoms with Gasteiger partial charge in [0.15, 0.2) is 0 Å². The first-order chi connectivity index (χ1) is 18.5. The number of ether oxygens (including phenoxy) is 1. The molecule has 0 bridgehead atoms. The minimum Gasteiger partial charge on any atom is -0.475 e. The summed E-state index contributed by atoms with van der Waals surface area (Å²) < 4.78 is 71.5. The van der Waals surface area contributed by atoms with Gasteiger partial charge in [-0.1, -0.05) is 0 Å². The second-order valence-corrected chi connectivity index (χ2v) is 9.02. The number of halogens is 6. The molecule has 0 unspecified atom stereocenters. The van der Waals surface area contributed by atoms with E-state index in [1.807, 2.05) is 17.9 Å². The number of amides is 1. The number of pyridine rings is 1. The van der Waals surface area contributed by atoms with Crippen molar-refractivity contribution in [2.24, 2.45) is 7.05 Å². The number of aryl methyl sites for hydroxylation is 1. The number of rotatable bonds is 4. The van der Waals surface area contributed by atoms with Crippen molar-refractivity contribution < 1.29 is 55.7 Å². The smallest absolute Gasteiger partial charge is 0.475 e. The lowest BCUT2D eigenvalue weighted by molar-refractivity contribution is -0.193. The predicted molar refractivity (Wildman–Crippen MR) is 124 cm³/mol. The van der Waals surface area contributed by atoms with E-state index in [2.05, 4.69) is 26.5 Å². The molecule has 0 aromatic carbocycles. The number of carbonyl (C=O) groups is 3. The third kappa shape index (κ3) is 10.4. The molecule has 4 rings (SSSR count). The van der Waals surface area contributed by atoms with Gasteiger partial charge in [-0.25, -0.2) is 9.59 Å². The molecule has 0 aliphatic carbocycles. The monoisotopic (exact) mass is 583 g/mol. The molecule has 0 saturated carbocycles. The molecular weight excluding hydrogens is 556 g/mol. The normalized spacial score (nSPS) is 21.0. The first-order valence-electron chi connectivity index (χ1n) is 11.7. The maximum atomic E-state index is 12.4. The second kappa shape index (κ2) is 13.6. The van der Waals surface area contributed by atoms with Crippen LogP contribution in [0.2, 0.25) is 0 Å². The molecule has 2 fully saturated rings. The molecule has 2 aliphatic heterocycles. The van der Waals surface area contributed by atoms with E-state index in [0.717, 1.165) is 38.9 Å². The Morgan fingerprint density at radius 2 is 1.68 bits per heavy atom. The van der Waals surface area contributed by atoms with Gasteiger partial charge in [0, 0.05) is 69.0 Å². The van der Waals surface area contributed by atoms with Crippen LogP contribution in [0.4, 0.5) is 26.3 Å². The summed E-state index contributed by atoms with van der Waals surface area (Å²) in [5, 5.41) is 21.7. The number of carboxylic acids is 2. The molecule has 17 heteroatoms. The Balaban J connectivity index is 0.000000333. The average Bonchev–Trinajstić information content (AvgIpc) is 3.44. The number of carboxylic acid groups (broad SMARTS) is 2. The van der Waals surface area contributed by atoms with Crippen LogP contribution in [-0.4, -0.2) is 91.4 Å². The Kier molecular flexibility index (Phi) is 11.0. The Hall–Kier alpha value is -3.73. The number of aliphatic carboxylic acids is 2. The van der Waals surface area contributed by atoms with Gasteiger partial charge in [0.05, 0.1) is 11.8 Å². The number of alkyl halides is 6. The number of hydrogen-bond donors (Lipinski definition) is 3. The fourth-order valence-corrected chi connectivity index (χ4v) is 4.08. The number of likely N-dealkylation sites (tertiary alicyclic amines) is 1. The van der Waals surface area contributed by atoms with E-state index < -0.39 is 24.3 Å². The van der Waals surface area contributed by atoms with E-state index in [9.17, 15) is 31.1 Å². The number of aromatic nitrogens is 3. The van der Waals surface area contributed by atoms with E-state index in [0.29, 0.717) is 12.2 Å². The molecule has 2 saturated heterocycles. The van der Waals surface area contributed by atoms with Crippen molar-refractivity contribution >= 4 is 17.8 Å². The van der Waals surface area contributed by atoms with Crippen molar-refractivity contribution in [2.45, 2.75) is 49.8 Å². The fraction of sp³-hybridized carbons (Fsp3) is 0.522. The number of hydrogen-bond acceptors (Lipinski definition) is 7. The van der Waals surface area contributed by atoms with Crippen LogP contribution >= 0.6 is 0 Å². The highest BCUT2D eigenvalue weighted by atomic mass is 19.4. The molecular formula is C23H27F6N5O6. The molecule has 11 nitrogen and oxygen atoms in total. The minimum absolute atomic E-state index is 0.0281. The summed E-state index contributed by atoms with van der Waals surface area (Å²) in [7, 11) is 1.94. The molecule has 2 aliphatic rings. The second-order valence-electron chi connectivity index (χ2n) is 9.02. The lowest BCUT2D eigenvalue weighted by Crippen LogP contribution is -2.49. The number of carbonyl (C=O) groups excluding carboxylic acids is 1. The molecule has 2 aromatic heterocycles. The molecule has 3 N–H and O–H groups in total. The maximum absolute atomic E-state index is 12.4. The highest BCUT2D eigenvalue weighted by Crippen LogP contribution is 2.35. The van der Waals surface area contributed by atoms with Gasteiger partial charge >= 0.3 is 24.3 Å². The number of nitrogens with one attached hydrogen (secondary N) is 1. The van der Waals surface area contributed by atoms with Crippen LogP contribution in [0.3, 0.4) is 0 Å². The summed E-state index contributed by atoms with van der Waals surface area (Å²) in [4.78, 5) is 36.6. The van der Waals surface area contributed by atoms with Crippen LogP contribution in [0.25, 0.3) is 0 Å². The van der Waals surface area contributed by atoms with Gasteiger partial charge in [-0.05, 0) is 31.4 Å². The maximum Gasteiger partial charge on any atom is 0.490 e. The molecule has 2 aromatic rings. The van der Waals surface area contributed by atoms with Crippen LogP contribution in [0.5, 0.6) is 0 Å². The van der Waals surface area contributed by atoms with Crippen molar-refractivity contribution in [2.75, 3.05) is 19.7 Å². The van der Waals surface area contributed by atoms with Crippen LogP contribution in [0.1, 0.15) is 35.2 Å². The van der Waals surface area contributed by atoms with Crippen molar-refractivity contribution in [1.82, 2.24) is 25.0 Å². The van der Waals surface area contributed by atoms with Gasteiger partial charge in [-0.3, -0.25) is 19.4 Å². The third-order valence-electron chi connectivity index (χ3n) is 5.82. The molecule has 1 spiro atoms. The lowest BCUT2D eigenvalue weighted by atomic mass is 9.89. The predicted octanol–water partition coefficient (Wildman–Crippen LogP) is 2.64. The zero-order valence-electron chi connectivity index (χ0n) is 21.1. The Bertz CT molecular complexity index is 1120. The van der Waals surface area contributed by atoms with Crippen molar-refractivity contribution in [1.29, 1.82) is 0 Å². The van der Waals surface area contributed by atoms with Gasteiger partial charge in [0.25, 0.3) is 5.91 Å². The van der Waals surface area contributed by atoms with E-state index in [1.165, 1.54) is 5.56 Å². The van der Waals surface area contributed by atoms with Crippen LogP contribution in [0.15, 0.2) is 36.9 Å². The Morgan fingerprint density at radius 3 is 2.17 bits per heavy atom. The summed E-state index contributed by atoms with van der Waals surface area (Å²) in [6, 6.07) is 3.65. The first-order valence-corrected chi connectivity index (χ1v) is 11.7. The topological polar surface area (TPSA) is 147 Å². The molecule has 222 valence electrons. The molecule has 0 radical (unpaired) electrons. The first kappa shape index (κ1) is 32.5. The number of nitrogens with zero attached hydrogens (tertiary/aromatic N) is 4. The third-order valence-corrected chi connectivity index (χ3v) is 5.82. The van der Waals surface area contributed by atoms with Gasteiger partial charge in [-0.2, -0.15) is 31.4 Å². The van der Waals surface area contributed by atoms with Crippen LogP contribution < -0.4 is 5.32 Å². The highest BCUT2D eigenvalue weighted by molar-refractivity contribution is 5.94. The molecule has 2 atom stereocenters. The minimum atomic E-state index is -5.08. The van der Waals surface area contributed by atoms with E-state index in [1.54, 1.807) is 24.5 Å². The largest absolute Gasteiger partial charge is 0.490 e. The lowest BCUT2D eigenvalue weighted by Gasteiger charge is -2.38. The van der Waals surface area contributed by atoms with Crippen molar-refractivity contribution in [3.63, 3.8) is 0 Å². The van der Waals surface area contributed by atoms with Gasteiger partial charge in [0.1, 0.15) is 0 Å². The SMILES string of the molecule is Cn1cc(CN2CC[C@@]3(C[C@@H](NC(=O)c4ccncc4)CCO3)C2)cn1.O=C(O)C(F)(F)F.O=C(O)C(F)(F)F. The van der Waals surface area contributed by atoms with Crippen LogP contribution in [0, 0.1) is 0 Å². The molecule has 4 heterocycles. The Labute approximate surface area is 223 Å². The zero-order valence-corrected chi connectivity index (χ0v) is 21.1. The summed E-state index contributed by atoms with van der Waals surface area (Å²) in [6.07, 6.45) is -0.153. The van der Waals surface area contributed by atoms with Crippen molar-refractivity contribution in [3.8, 4) is 0 Å². The van der Waals surface area contributed by atoms with Crippen LogP contribution in [-0.2, 0) is 27.9 Å². The molecule has 40 heavy (non-hydrogen) atoms. The van der Waals surface area contributed by atoms with Gasteiger partial charge < -0.3 is 20.3 Å². The Morgan fingerprint density at radius 1 is 1.10 bits per heavy atom. The van der Waals surface area contributed by atoms with E-state index in [-0.39, 0.29) is 17.6 Å². The summed E-state index contributed by atoms with van der Waals surface area (Å²) >= 11 is 0. The van der Waals surface area contributed by atoms with E-state index >= 15 is 0 Å². The summed E-state index contributed by atoms with van der Waals surface area (Å²) in [5.41, 5.74) is 1.74. The fourth-order valence-electron chi connectivity index (χ4n) is 4.08. The quantitative estimate of drug-likeness (QED) is 0.463. The van der Waals surface area contributed by atoms with Crippen molar-refractivity contribution in [3.05, 3.63) is 48.0 Å². The highest BCUT2D eigenvalue weighted by Gasteiger charge is 2.43. The summed E-state index contributed by atoms with van der Waals surface area (Å²) in [6.45, 7) is 3.51. The standard InChI is InChI=1S/C19H25N5O2.2C2HF3O2/c1-23-12-15(11-21-23)13-24-8-5-19(14-24)10-17(4-9-26-19)22-18(25)16-2-6-20-7-3-16;2*3-2(4,5)1(6)7/h2-3,6-7,11-12,17H,4-5,8-10,13-14H2,1H3,(H,22,25);2*(H,6,7)/t17-,19+;;/m0../s1. The zero-order chi connectivity index (χ0) is 30.1. The van der Waals surface area contributed by atoms with Gasteiger partial charge in [0.2, 0.25) is 0 Å². The van der Waals surface area contributed by atoms with Gasteiger partial charge in [-0.15, -0.1) is 0 Å². The van der Waals surface area contributed by atoms with E-state index in [4.69, 9.17) is 24.5 Å². The average molecular weight is 583 g/mol.